The number of likely N-dealkylation sites (tertiary alicyclic amines) is 1. The van der Waals surface area contributed by atoms with Crippen molar-refractivity contribution in [1.82, 2.24) is 4.90 Å². The largest absolute Gasteiger partial charge is 0.508 e. The fourth-order valence-corrected chi connectivity index (χ4v) is 2.88. The summed E-state index contributed by atoms with van der Waals surface area (Å²) >= 11 is 0. The minimum atomic E-state index is -0.721. The molecule has 0 radical (unpaired) electrons. The highest BCUT2D eigenvalue weighted by Crippen LogP contribution is 2.34. The van der Waals surface area contributed by atoms with Gasteiger partial charge in [0, 0.05) is 13.1 Å². The van der Waals surface area contributed by atoms with E-state index in [2.05, 4.69) is 4.90 Å². The molecule has 0 aromatic heterocycles. The molecule has 2 N–H and O–H groups in total. The summed E-state index contributed by atoms with van der Waals surface area (Å²) in [6.07, 6.45) is 2.00. The van der Waals surface area contributed by atoms with Crippen LogP contribution in [0.15, 0.2) is 24.3 Å². The highest BCUT2D eigenvalue weighted by molar-refractivity contribution is 5.74. The third-order valence-electron chi connectivity index (χ3n) is 4.39. The van der Waals surface area contributed by atoms with Gasteiger partial charge in [-0.2, -0.15) is 0 Å². The lowest BCUT2D eigenvalue weighted by molar-refractivity contribution is -0.151. The number of aromatic hydroxyl groups is 1. The van der Waals surface area contributed by atoms with E-state index in [1.165, 1.54) is 0 Å². The zero-order chi connectivity index (χ0) is 14.8. The highest BCUT2D eigenvalue weighted by Gasteiger charge is 2.38. The Kier molecular flexibility index (Phi) is 4.33. The van der Waals surface area contributed by atoms with Crippen molar-refractivity contribution in [1.29, 1.82) is 0 Å². The van der Waals surface area contributed by atoms with Gasteiger partial charge in [-0.25, -0.2) is 0 Å². The summed E-state index contributed by atoms with van der Waals surface area (Å²) < 4.78 is 0. The predicted octanol–water partition coefficient (Wildman–Crippen LogP) is 2.72. The summed E-state index contributed by atoms with van der Waals surface area (Å²) in [5.74, 6) is -0.269. The first kappa shape index (κ1) is 14.9. The zero-order valence-electron chi connectivity index (χ0n) is 12.2. The molecule has 1 aromatic carbocycles. The molecular formula is C16H23NO3. The number of phenolic OH excluding ortho intramolecular Hbond substituents is 1. The standard InChI is InChI=1S/C16H23NO3/c1-16(2,15(19)20)13-6-4-8-17(11-13)10-12-5-3-7-14(18)9-12/h3,5,7,9,13,18H,4,6,8,10-11H2,1-2H3,(H,19,20). The van der Waals surface area contributed by atoms with Crippen LogP contribution in [0.2, 0.25) is 0 Å². The van der Waals surface area contributed by atoms with Crippen molar-refractivity contribution in [3.63, 3.8) is 0 Å². The Bertz CT molecular complexity index is 484. The molecular weight excluding hydrogens is 254 g/mol. The number of carbonyl (C=O) groups is 1. The van der Waals surface area contributed by atoms with E-state index in [0.29, 0.717) is 0 Å². The number of carboxylic acid groups (broad SMARTS) is 1. The summed E-state index contributed by atoms with van der Waals surface area (Å²) in [6.45, 7) is 6.19. The van der Waals surface area contributed by atoms with E-state index in [1.54, 1.807) is 12.1 Å². The third kappa shape index (κ3) is 3.31. The second-order valence-corrected chi connectivity index (χ2v) is 6.27. The topological polar surface area (TPSA) is 60.8 Å². The Morgan fingerprint density at radius 3 is 2.85 bits per heavy atom. The minimum absolute atomic E-state index is 0.172. The van der Waals surface area contributed by atoms with Gasteiger partial charge in [0.05, 0.1) is 5.41 Å². The first-order chi connectivity index (χ1) is 9.39. The van der Waals surface area contributed by atoms with Crippen molar-refractivity contribution >= 4 is 5.97 Å². The van der Waals surface area contributed by atoms with Crippen LogP contribution in [0.4, 0.5) is 0 Å². The Morgan fingerprint density at radius 2 is 2.20 bits per heavy atom. The number of benzene rings is 1. The Labute approximate surface area is 120 Å². The highest BCUT2D eigenvalue weighted by atomic mass is 16.4. The number of phenols is 1. The van der Waals surface area contributed by atoms with Crippen LogP contribution >= 0.6 is 0 Å². The molecule has 1 aromatic rings. The monoisotopic (exact) mass is 277 g/mol. The van der Waals surface area contributed by atoms with Crippen LogP contribution in [-0.4, -0.2) is 34.2 Å². The third-order valence-corrected chi connectivity index (χ3v) is 4.39. The number of nitrogens with zero attached hydrogens (tertiary/aromatic N) is 1. The molecule has 1 saturated heterocycles. The molecule has 1 aliphatic rings. The van der Waals surface area contributed by atoms with Gasteiger partial charge in [0.1, 0.15) is 5.75 Å². The Hall–Kier alpha value is -1.55. The average Bonchev–Trinajstić information content (AvgIpc) is 2.39. The maximum Gasteiger partial charge on any atom is 0.309 e. The molecule has 4 nitrogen and oxygen atoms in total. The zero-order valence-corrected chi connectivity index (χ0v) is 12.2. The molecule has 2 rings (SSSR count). The number of piperidine rings is 1. The van der Waals surface area contributed by atoms with Gasteiger partial charge >= 0.3 is 5.97 Å². The molecule has 0 aliphatic carbocycles. The SMILES string of the molecule is CC(C)(C(=O)O)C1CCCN(Cc2cccc(O)c2)C1. The molecule has 1 fully saturated rings. The van der Waals surface area contributed by atoms with E-state index < -0.39 is 11.4 Å². The van der Waals surface area contributed by atoms with Gasteiger partial charge in [-0.05, 0) is 56.8 Å². The van der Waals surface area contributed by atoms with Crippen LogP contribution in [0.1, 0.15) is 32.3 Å². The van der Waals surface area contributed by atoms with E-state index in [9.17, 15) is 15.0 Å². The van der Waals surface area contributed by atoms with E-state index in [0.717, 1.165) is 38.0 Å². The summed E-state index contributed by atoms with van der Waals surface area (Å²) in [6, 6.07) is 7.26. The van der Waals surface area contributed by atoms with Crippen LogP contribution in [0.3, 0.4) is 0 Å². The van der Waals surface area contributed by atoms with Crippen molar-refractivity contribution in [2.24, 2.45) is 11.3 Å². The summed E-state index contributed by atoms with van der Waals surface area (Å²) in [4.78, 5) is 13.7. The molecule has 0 amide bonds. The summed E-state index contributed by atoms with van der Waals surface area (Å²) in [5, 5.41) is 18.9. The van der Waals surface area contributed by atoms with Crippen LogP contribution in [0.5, 0.6) is 5.75 Å². The summed E-state index contributed by atoms with van der Waals surface area (Å²) in [5.41, 5.74) is 0.385. The number of aliphatic carboxylic acids is 1. The van der Waals surface area contributed by atoms with E-state index in [-0.39, 0.29) is 11.7 Å². The Morgan fingerprint density at radius 1 is 1.45 bits per heavy atom. The fraction of sp³-hybridized carbons (Fsp3) is 0.562. The number of hydrogen-bond donors (Lipinski definition) is 2. The van der Waals surface area contributed by atoms with E-state index in [1.807, 2.05) is 26.0 Å². The summed E-state index contributed by atoms with van der Waals surface area (Å²) in [7, 11) is 0. The van der Waals surface area contributed by atoms with Gasteiger partial charge in [0.25, 0.3) is 0 Å². The van der Waals surface area contributed by atoms with Crippen LogP contribution < -0.4 is 0 Å². The molecule has 110 valence electrons. The first-order valence-corrected chi connectivity index (χ1v) is 7.13. The Balaban J connectivity index is 2.02. The number of rotatable bonds is 4. The van der Waals surface area contributed by atoms with Gasteiger partial charge in [0.2, 0.25) is 0 Å². The second kappa shape index (κ2) is 5.83. The lowest BCUT2D eigenvalue weighted by atomic mass is 9.74. The van der Waals surface area contributed by atoms with Crippen molar-refractivity contribution in [2.45, 2.75) is 33.2 Å². The maximum absolute atomic E-state index is 11.4. The lowest BCUT2D eigenvalue weighted by Crippen LogP contribution is -2.44. The molecule has 0 spiro atoms. The normalized spacial score (nSPS) is 20.8. The molecule has 1 aliphatic heterocycles. The van der Waals surface area contributed by atoms with Crippen LogP contribution in [-0.2, 0) is 11.3 Å². The van der Waals surface area contributed by atoms with Crippen molar-refractivity contribution < 1.29 is 15.0 Å². The molecule has 20 heavy (non-hydrogen) atoms. The molecule has 0 saturated carbocycles. The van der Waals surface area contributed by atoms with Crippen molar-refractivity contribution in [3.8, 4) is 5.75 Å². The van der Waals surface area contributed by atoms with Crippen molar-refractivity contribution in [3.05, 3.63) is 29.8 Å². The second-order valence-electron chi connectivity index (χ2n) is 6.27. The van der Waals surface area contributed by atoms with E-state index in [4.69, 9.17) is 0 Å². The van der Waals surface area contributed by atoms with Gasteiger partial charge < -0.3 is 10.2 Å². The molecule has 1 unspecified atom stereocenters. The average molecular weight is 277 g/mol. The van der Waals surface area contributed by atoms with Gasteiger partial charge in [-0.3, -0.25) is 9.69 Å². The quantitative estimate of drug-likeness (QED) is 0.888. The van der Waals surface area contributed by atoms with Crippen LogP contribution in [0.25, 0.3) is 0 Å². The molecule has 0 bridgehead atoms. The van der Waals surface area contributed by atoms with E-state index >= 15 is 0 Å². The van der Waals surface area contributed by atoms with Crippen molar-refractivity contribution in [2.75, 3.05) is 13.1 Å². The molecule has 1 heterocycles. The lowest BCUT2D eigenvalue weighted by Gasteiger charge is -2.39. The predicted molar refractivity (Wildman–Crippen MR) is 77.5 cm³/mol. The molecule has 1 atom stereocenters. The van der Waals surface area contributed by atoms with Gasteiger partial charge in [-0.1, -0.05) is 12.1 Å². The first-order valence-electron chi connectivity index (χ1n) is 7.13. The number of hydrogen-bond acceptors (Lipinski definition) is 3. The van der Waals surface area contributed by atoms with Gasteiger partial charge in [-0.15, -0.1) is 0 Å². The molecule has 4 heteroatoms. The van der Waals surface area contributed by atoms with Gasteiger partial charge in [0.15, 0.2) is 0 Å². The van der Waals surface area contributed by atoms with Crippen LogP contribution in [0, 0.1) is 11.3 Å². The number of carboxylic acids is 1. The smallest absolute Gasteiger partial charge is 0.309 e. The maximum atomic E-state index is 11.4. The fourth-order valence-electron chi connectivity index (χ4n) is 2.88. The minimum Gasteiger partial charge on any atom is -0.508 e.